The van der Waals surface area contributed by atoms with Gasteiger partial charge in [0.2, 0.25) is 0 Å². The second kappa shape index (κ2) is 7.94. The maximum atomic E-state index is 5.78. The number of nitrogens with zero attached hydrogens (tertiary/aromatic N) is 1. The van der Waals surface area contributed by atoms with Gasteiger partial charge in [0.15, 0.2) is 0 Å². The van der Waals surface area contributed by atoms with E-state index in [2.05, 4.69) is 37.9 Å². The highest BCUT2D eigenvalue weighted by atomic mass is 16.5. The number of hydrogen-bond donors (Lipinski definition) is 1. The van der Waals surface area contributed by atoms with Gasteiger partial charge in [0, 0.05) is 38.3 Å². The molecule has 0 amide bonds. The number of likely N-dealkylation sites (tertiary alicyclic amines) is 1. The van der Waals surface area contributed by atoms with E-state index < -0.39 is 0 Å². The molecule has 0 spiro atoms. The van der Waals surface area contributed by atoms with Gasteiger partial charge in [-0.05, 0) is 57.8 Å². The van der Waals surface area contributed by atoms with E-state index in [4.69, 9.17) is 4.74 Å². The summed E-state index contributed by atoms with van der Waals surface area (Å²) in [7, 11) is 1.87. The first-order chi connectivity index (χ1) is 10.0. The molecule has 2 fully saturated rings. The Bertz CT molecular complexity index is 298. The zero-order valence-corrected chi connectivity index (χ0v) is 14.8. The Morgan fingerprint density at radius 3 is 2.19 bits per heavy atom. The lowest BCUT2D eigenvalue weighted by Gasteiger charge is -2.42. The third-order valence-corrected chi connectivity index (χ3v) is 5.79. The molecule has 124 valence electrons. The molecule has 0 aromatic rings. The first kappa shape index (κ1) is 17.2. The summed E-state index contributed by atoms with van der Waals surface area (Å²) in [5, 5.41) is 3.93. The number of ether oxygens (including phenoxy) is 1. The quantitative estimate of drug-likeness (QED) is 0.842. The molecule has 1 saturated carbocycles. The van der Waals surface area contributed by atoms with Crippen LogP contribution in [0.2, 0.25) is 0 Å². The minimum Gasteiger partial charge on any atom is -0.378 e. The monoisotopic (exact) mass is 296 g/mol. The van der Waals surface area contributed by atoms with Crippen molar-refractivity contribution in [3.8, 4) is 0 Å². The van der Waals surface area contributed by atoms with Crippen molar-refractivity contribution in [2.45, 2.75) is 84.0 Å². The van der Waals surface area contributed by atoms with Crippen molar-refractivity contribution < 1.29 is 4.74 Å². The fourth-order valence-electron chi connectivity index (χ4n) is 4.09. The van der Waals surface area contributed by atoms with Crippen LogP contribution in [0.5, 0.6) is 0 Å². The van der Waals surface area contributed by atoms with E-state index in [0.29, 0.717) is 24.2 Å². The molecule has 1 saturated heterocycles. The van der Waals surface area contributed by atoms with Crippen LogP contribution in [-0.4, -0.2) is 49.3 Å². The van der Waals surface area contributed by atoms with Gasteiger partial charge in [0.25, 0.3) is 0 Å². The van der Waals surface area contributed by atoms with Crippen LogP contribution in [-0.2, 0) is 4.74 Å². The summed E-state index contributed by atoms with van der Waals surface area (Å²) in [5.74, 6) is 1.80. The third-order valence-electron chi connectivity index (χ3n) is 5.79. The fourth-order valence-corrected chi connectivity index (χ4v) is 4.09. The summed E-state index contributed by atoms with van der Waals surface area (Å²) in [6.07, 6.45) is 7.08. The molecular formula is C18H36N2O. The van der Waals surface area contributed by atoms with Crippen LogP contribution in [0.25, 0.3) is 0 Å². The maximum Gasteiger partial charge on any atom is 0.0851 e. The van der Waals surface area contributed by atoms with Crippen molar-refractivity contribution in [2.24, 2.45) is 11.8 Å². The van der Waals surface area contributed by atoms with Gasteiger partial charge in [0.05, 0.1) is 6.10 Å². The molecule has 3 heteroatoms. The number of rotatable bonds is 5. The summed E-state index contributed by atoms with van der Waals surface area (Å²) in [5.41, 5.74) is 0. The third kappa shape index (κ3) is 4.67. The molecule has 1 aliphatic carbocycles. The second-order valence-electron chi connectivity index (χ2n) is 7.78. The molecule has 1 heterocycles. The van der Waals surface area contributed by atoms with Crippen molar-refractivity contribution in [3.63, 3.8) is 0 Å². The number of hydrogen-bond acceptors (Lipinski definition) is 3. The predicted octanol–water partition coefficient (Wildman–Crippen LogP) is 3.29. The van der Waals surface area contributed by atoms with Crippen LogP contribution in [0.1, 0.15) is 59.8 Å². The molecule has 0 bridgehead atoms. The van der Waals surface area contributed by atoms with Crippen LogP contribution < -0.4 is 5.32 Å². The zero-order chi connectivity index (χ0) is 15.4. The second-order valence-corrected chi connectivity index (χ2v) is 7.78. The van der Waals surface area contributed by atoms with E-state index in [9.17, 15) is 0 Å². The summed E-state index contributed by atoms with van der Waals surface area (Å²) >= 11 is 0. The summed E-state index contributed by atoms with van der Waals surface area (Å²) in [4.78, 5) is 2.54. The summed E-state index contributed by atoms with van der Waals surface area (Å²) in [6, 6.07) is 1.89. The largest absolute Gasteiger partial charge is 0.378 e. The molecule has 0 aromatic carbocycles. The van der Waals surface area contributed by atoms with E-state index in [1.165, 1.54) is 38.6 Å². The molecule has 1 aliphatic heterocycles. The standard InChI is InChI=1S/C18H36N2O/c1-13(2)15-6-8-16(9-7-15)19-17-10-11-20(14(3)4)12-18(17)21-5/h13-19H,6-12H2,1-5H3/t15?,16?,17-,18-/m0/s1. The Kier molecular flexibility index (Phi) is 6.51. The minimum absolute atomic E-state index is 0.351. The van der Waals surface area contributed by atoms with Gasteiger partial charge < -0.3 is 10.1 Å². The van der Waals surface area contributed by atoms with Gasteiger partial charge in [-0.3, -0.25) is 4.90 Å². The maximum absolute atomic E-state index is 5.78. The average molecular weight is 296 g/mol. The Labute approximate surface area is 131 Å². The number of nitrogens with one attached hydrogen (secondary N) is 1. The predicted molar refractivity (Wildman–Crippen MR) is 89.6 cm³/mol. The van der Waals surface area contributed by atoms with E-state index >= 15 is 0 Å². The lowest BCUT2D eigenvalue weighted by molar-refractivity contribution is -0.00888. The Morgan fingerprint density at radius 1 is 1.00 bits per heavy atom. The molecule has 21 heavy (non-hydrogen) atoms. The molecule has 0 unspecified atom stereocenters. The number of methoxy groups -OCH3 is 1. The summed E-state index contributed by atoms with van der Waals surface area (Å²) < 4.78 is 5.78. The van der Waals surface area contributed by atoms with Crippen LogP contribution >= 0.6 is 0 Å². The Balaban J connectivity index is 1.80. The molecule has 2 rings (SSSR count). The SMILES string of the molecule is CO[C@H]1CN(C(C)C)CC[C@@H]1NC1CCC(C(C)C)CC1. The Hall–Kier alpha value is -0.120. The molecule has 3 nitrogen and oxygen atoms in total. The zero-order valence-electron chi connectivity index (χ0n) is 14.8. The van der Waals surface area contributed by atoms with Crippen molar-refractivity contribution in [2.75, 3.05) is 20.2 Å². The number of piperidine rings is 1. The van der Waals surface area contributed by atoms with E-state index in [1.54, 1.807) is 0 Å². The summed E-state index contributed by atoms with van der Waals surface area (Å²) in [6.45, 7) is 11.6. The van der Waals surface area contributed by atoms with Gasteiger partial charge in [-0.15, -0.1) is 0 Å². The van der Waals surface area contributed by atoms with Crippen LogP contribution in [0.15, 0.2) is 0 Å². The van der Waals surface area contributed by atoms with E-state index in [1.807, 2.05) is 7.11 Å². The van der Waals surface area contributed by atoms with Crippen molar-refractivity contribution in [1.82, 2.24) is 10.2 Å². The average Bonchev–Trinajstić information content (AvgIpc) is 2.48. The normalized spacial score (nSPS) is 35.6. The highest BCUT2D eigenvalue weighted by Gasteiger charge is 2.32. The lowest BCUT2D eigenvalue weighted by atomic mass is 9.79. The fraction of sp³-hybridized carbons (Fsp3) is 1.00. The topological polar surface area (TPSA) is 24.5 Å². The van der Waals surface area contributed by atoms with E-state index in [-0.39, 0.29) is 0 Å². The molecule has 2 aliphatic rings. The van der Waals surface area contributed by atoms with E-state index in [0.717, 1.165) is 18.4 Å². The highest BCUT2D eigenvalue weighted by molar-refractivity contribution is 4.90. The van der Waals surface area contributed by atoms with Gasteiger partial charge >= 0.3 is 0 Å². The van der Waals surface area contributed by atoms with Crippen LogP contribution in [0, 0.1) is 11.8 Å². The van der Waals surface area contributed by atoms with Crippen molar-refractivity contribution in [1.29, 1.82) is 0 Å². The Morgan fingerprint density at radius 2 is 1.67 bits per heavy atom. The first-order valence-corrected chi connectivity index (χ1v) is 9.04. The smallest absolute Gasteiger partial charge is 0.0851 e. The lowest BCUT2D eigenvalue weighted by Crippen LogP contribution is -2.57. The van der Waals surface area contributed by atoms with Crippen molar-refractivity contribution >= 4 is 0 Å². The van der Waals surface area contributed by atoms with Crippen molar-refractivity contribution in [3.05, 3.63) is 0 Å². The van der Waals surface area contributed by atoms with Gasteiger partial charge in [0.1, 0.15) is 0 Å². The van der Waals surface area contributed by atoms with Crippen LogP contribution in [0.4, 0.5) is 0 Å². The van der Waals surface area contributed by atoms with Crippen LogP contribution in [0.3, 0.4) is 0 Å². The minimum atomic E-state index is 0.351. The molecule has 0 radical (unpaired) electrons. The molecule has 2 atom stereocenters. The van der Waals surface area contributed by atoms with Gasteiger partial charge in [-0.1, -0.05) is 13.8 Å². The first-order valence-electron chi connectivity index (χ1n) is 9.04. The van der Waals surface area contributed by atoms with Gasteiger partial charge in [-0.25, -0.2) is 0 Å². The van der Waals surface area contributed by atoms with Gasteiger partial charge in [-0.2, -0.15) is 0 Å². The molecule has 0 aromatic heterocycles. The molecular weight excluding hydrogens is 260 g/mol. The molecule has 1 N–H and O–H groups in total. The highest BCUT2D eigenvalue weighted by Crippen LogP contribution is 2.30.